The van der Waals surface area contributed by atoms with Gasteiger partial charge in [-0.25, -0.2) is 13.6 Å². The molecule has 0 saturated carbocycles. The van der Waals surface area contributed by atoms with E-state index in [0.29, 0.717) is 18.8 Å². The van der Waals surface area contributed by atoms with Crippen LogP contribution < -0.4 is 5.14 Å². The van der Waals surface area contributed by atoms with Gasteiger partial charge in [-0.05, 0) is 25.3 Å². The van der Waals surface area contributed by atoms with Crippen LogP contribution in [0, 0.1) is 6.92 Å². The number of hydrogen-bond donors (Lipinski definition) is 1. The molecule has 0 unspecified atom stereocenters. The van der Waals surface area contributed by atoms with Gasteiger partial charge >= 0.3 is 0 Å². The third-order valence-electron chi connectivity index (χ3n) is 3.21. The Hall–Kier alpha value is -1.73. The second kappa shape index (κ2) is 6.36. The van der Waals surface area contributed by atoms with Crippen molar-refractivity contribution in [3.8, 4) is 0 Å². The van der Waals surface area contributed by atoms with Crippen molar-refractivity contribution in [2.75, 3.05) is 0 Å². The summed E-state index contributed by atoms with van der Waals surface area (Å²) in [5.74, 6) is 0.655. The molecule has 0 amide bonds. The molecule has 0 aliphatic rings. The summed E-state index contributed by atoms with van der Waals surface area (Å²) in [4.78, 5) is 0. The van der Waals surface area contributed by atoms with E-state index in [1.807, 2.05) is 32.0 Å². The van der Waals surface area contributed by atoms with Crippen molar-refractivity contribution in [3.05, 3.63) is 41.2 Å². The molecule has 0 radical (unpaired) electrons. The lowest BCUT2D eigenvalue weighted by Gasteiger charge is -2.08. The number of aromatic nitrogens is 3. The van der Waals surface area contributed by atoms with Crippen LogP contribution in [0.2, 0.25) is 0 Å². The zero-order chi connectivity index (χ0) is 15.5. The lowest BCUT2D eigenvalue weighted by atomic mass is 10.1. The highest BCUT2D eigenvalue weighted by molar-refractivity contribution is 7.89. The summed E-state index contributed by atoms with van der Waals surface area (Å²) in [6.07, 6.45) is 2.21. The number of rotatable bonds is 6. The van der Waals surface area contributed by atoms with Crippen LogP contribution in [0.15, 0.2) is 29.4 Å². The lowest BCUT2D eigenvalue weighted by molar-refractivity contribution is 0.546. The second-order valence-electron chi connectivity index (χ2n) is 5.08. The quantitative estimate of drug-likeness (QED) is 0.874. The zero-order valence-electron chi connectivity index (χ0n) is 12.3. The first-order valence-electron chi connectivity index (χ1n) is 6.92. The Balaban J connectivity index is 2.22. The summed E-state index contributed by atoms with van der Waals surface area (Å²) in [5, 5.41) is 12.8. The van der Waals surface area contributed by atoms with E-state index in [1.165, 1.54) is 11.1 Å². The number of hydrogen-bond acceptors (Lipinski definition) is 4. The van der Waals surface area contributed by atoms with Crippen molar-refractivity contribution in [2.24, 2.45) is 5.14 Å². The summed E-state index contributed by atoms with van der Waals surface area (Å²) in [6.45, 7) is 4.56. The Morgan fingerprint density at radius 2 is 2.00 bits per heavy atom. The lowest BCUT2D eigenvalue weighted by Crippen LogP contribution is -2.19. The van der Waals surface area contributed by atoms with Crippen LogP contribution in [0.3, 0.4) is 0 Å². The molecule has 0 saturated heterocycles. The fourth-order valence-corrected chi connectivity index (χ4v) is 2.94. The SMILES string of the molecule is CCCn1c(CCc2cccc(C)c2)nnc1S(N)(=O)=O. The Kier molecular flexibility index (Phi) is 4.74. The van der Waals surface area contributed by atoms with E-state index >= 15 is 0 Å². The van der Waals surface area contributed by atoms with Gasteiger partial charge in [0.25, 0.3) is 15.2 Å². The molecule has 21 heavy (non-hydrogen) atoms. The first-order valence-corrected chi connectivity index (χ1v) is 8.47. The van der Waals surface area contributed by atoms with Gasteiger partial charge in [-0.1, -0.05) is 36.8 Å². The maximum atomic E-state index is 11.5. The number of benzene rings is 1. The summed E-state index contributed by atoms with van der Waals surface area (Å²) in [5.41, 5.74) is 2.39. The number of nitrogens with zero attached hydrogens (tertiary/aromatic N) is 3. The molecule has 0 aliphatic carbocycles. The molecule has 7 heteroatoms. The zero-order valence-corrected chi connectivity index (χ0v) is 13.1. The van der Waals surface area contributed by atoms with Crippen LogP contribution in [0.5, 0.6) is 0 Å². The van der Waals surface area contributed by atoms with Gasteiger partial charge in [0.1, 0.15) is 5.82 Å². The number of nitrogens with two attached hydrogens (primary N) is 1. The van der Waals surface area contributed by atoms with Crippen molar-refractivity contribution < 1.29 is 8.42 Å². The van der Waals surface area contributed by atoms with Crippen LogP contribution in [0.25, 0.3) is 0 Å². The normalized spacial score (nSPS) is 11.8. The Bertz CT molecular complexity index is 722. The molecule has 0 aliphatic heterocycles. The molecule has 2 N–H and O–H groups in total. The molecule has 114 valence electrons. The summed E-state index contributed by atoms with van der Waals surface area (Å²) in [6, 6.07) is 8.22. The van der Waals surface area contributed by atoms with Gasteiger partial charge in [0.05, 0.1) is 0 Å². The van der Waals surface area contributed by atoms with Crippen molar-refractivity contribution in [3.63, 3.8) is 0 Å². The van der Waals surface area contributed by atoms with E-state index in [1.54, 1.807) is 4.57 Å². The average molecular weight is 308 g/mol. The molecule has 0 spiro atoms. The Labute approximate surface area is 125 Å². The molecule has 2 aromatic rings. The number of sulfonamides is 1. The van der Waals surface area contributed by atoms with Crippen molar-refractivity contribution in [1.29, 1.82) is 0 Å². The number of aryl methyl sites for hydroxylation is 3. The first kappa shape index (κ1) is 15.7. The molecular formula is C14H20N4O2S. The molecule has 2 rings (SSSR count). The molecule has 0 fully saturated rings. The third-order valence-corrected chi connectivity index (χ3v) is 4.03. The third kappa shape index (κ3) is 3.89. The highest BCUT2D eigenvalue weighted by atomic mass is 32.2. The molecule has 0 atom stereocenters. The van der Waals surface area contributed by atoms with Gasteiger partial charge in [-0.15, -0.1) is 10.2 Å². The smallest absolute Gasteiger partial charge is 0.273 e. The highest BCUT2D eigenvalue weighted by Gasteiger charge is 2.20. The minimum atomic E-state index is -3.84. The second-order valence-corrected chi connectivity index (χ2v) is 6.54. The Morgan fingerprint density at radius 1 is 1.24 bits per heavy atom. The first-order chi connectivity index (χ1) is 9.91. The van der Waals surface area contributed by atoms with Crippen LogP contribution in [-0.2, 0) is 29.4 Å². The van der Waals surface area contributed by atoms with Crippen LogP contribution in [-0.4, -0.2) is 23.2 Å². The Morgan fingerprint density at radius 3 is 2.62 bits per heavy atom. The predicted molar refractivity (Wildman–Crippen MR) is 80.3 cm³/mol. The molecular weight excluding hydrogens is 288 g/mol. The van der Waals surface area contributed by atoms with Gasteiger partial charge in [-0.2, -0.15) is 0 Å². The molecule has 0 bridgehead atoms. The van der Waals surface area contributed by atoms with E-state index in [0.717, 1.165) is 12.8 Å². The summed E-state index contributed by atoms with van der Waals surface area (Å²) >= 11 is 0. The fourth-order valence-electron chi connectivity index (χ4n) is 2.29. The van der Waals surface area contributed by atoms with Gasteiger partial charge in [0.15, 0.2) is 0 Å². The highest BCUT2D eigenvalue weighted by Crippen LogP contribution is 2.12. The predicted octanol–water partition coefficient (Wildman–Crippen LogP) is 1.43. The summed E-state index contributed by atoms with van der Waals surface area (Å²) in [7, 11) is -3.84. The monoisotopic (exact) mass is 308 g/mol. The van der Waals surface area contributed by atoms with E-state index in [4.69, 9.17) is 5.14 Å². The van der Waals surface area contributed by atoms with Crippen molar-refractivity contribution in [1.82, 2.24) is 14.8 Å². The molecule has 6 nitrogen and oxygen atoms in total. The van der Waals surface area contributed by atoms with Crippen molar-refractivity contribution in [2.45, 2.75) is 44.8 Å². The standard InChI is InChI=1S/C14H20N4O2S/c1-3-9-18-13(16-17-14(18)21(15,19)20)8-7-12-6-4-5-11(2)10-12/h4-6,10H,3,7-9H2,1-2H3,(H2,15,19,20). The maximum Gasteiger partial charge on any atom is 0.273 e. The molecule has 1 aromatic heterocycles. The van der Waals surface area contributed by atoms with Gasteiger partial charge in [-0.3, -0.25) is 0 Å². The van der Waals surface area contributed by atoms with E-state index < -0.39 is 10.0 Å². The largest absolute Gasteiger partial charge is 0.301 e. The van der Waals surface area contributed by atoms with E-state index in [2.05, 4.69) is 16.3 Å². The van der Waals surface area contributed by atoms with Gasteiger partial charge in [0.2, 0.25) is 0 Å². The maximum absolute atomic E-state index is 11.5. The summed E-state index contributed by atoms with van der Waals surface area (Å²) < 4.78 is 24.6. The van der Waals surface area contributed by atoms with E-state index in [9.17, 15) is 8.42 Å². The topological polar surface area (TPSA) is 90.9 Å². The minimum absolute atomic E-state index is 0.149. The van der Waals surface area contributed by atoms with E-state index in [-0.39, 0.29) is 5.16 Å². The van der Waals surface area contributed by atoms with Crippen LogP contribution >= 0.6 is 0 Å². The number of primary sulfonamides is 1. The average Bonchev–Trinajstić information content (AvgIpc) is 2.80. The molecule has 1 heterocycles. The molecule has 1 aromatic carbocycles. The van der Waals surface area contributed by atoms with Gasteiger partial charge < -0.3 is 4.57 Å². The van der Waals surface area contributed by atoms with Gasteiger partial charge in [0, 0.05) is 13.0 Å². The van der Waals surface area contributed by atoms with Crippen molar-refractivity contribution >= 4 is 10.0 Å². The fraction of sp³-hybridized carbons (Fsp3) is 0.429. The van der Waals surface area contributed by atoms with Crippen LogP contribution in [0.1, 0.15) is 30.3 Å². The minimum Gasteiger partial charge on any atom is -0.301 e. The van der Waals surface area contributed by atoms with Crippen LogP contribution in [0.4, 0.5) is 0 Å².